The quantitative estimate of drug-likeness (QED) is 0.689. The zero-order chi connectivity index (χ0) is 8.81. The molecule has 5 heteroatoms. The van der Waals surface area contributed by atoms with Crippen molar-refractivity contribution >= 4 is 28.3 Å². The monoisotopic (exact) mass is 205 g/mol. The van der Waals surface area contributed by atoms with Gasteiger partial charge in [0.2, 0.25) is 5.13 Å². The Bertz CT molecular complexity index is 196. The maximum atomic E-state index is 5.66. The molecule has 1 aromatic rings. The highest BCUT2D eigenvalue weighted by molar-refractivity contribution is 7.09. The Morgan fingerprint density at radius 3 is 2.92 bits per heavy atom. The molecule has 1 aromatic heterocycles. The molecule has 0 aliphatic heterocycles. The Kier molecular flexibility index (Phi) is 4.32. The van der Waals surface area contributed by atoms with E-state index in [0.717, 1.165) is 24.6 Å². The third-order valence-electron chi connectivity index (χ3n) is 1.47. The van der Waals surface area contributed by atoms with Gasteiger partial charge in [-0.15, -0.1) is 11.6 Å². The predicted octanol–water partition coefficient (Wildman–Crippen LogP) is 1.99. The summed E-state index contributed by atoms with van der Waals surface area (Å²) in [7, 11) is 0. The van der Waals surface area contributed by atoms with Crippen LogP contribution in [0.3, 0.4) is 0 Å². The lowest BCUT2D eigenvalue weighted by atomic mass is 10.4. The van der Waals surface area contributed by atoms with Gasteiger partial charge in [-0.3, -0.25) is 0 Å². The smallest absolute Gasteiger partial charge is 0.204 e. The van der Waals surface area contributed by atoms with Gasteiger partial charge in [0.15, 0.2) is 0 Å². The molecular formula is C7H12ClN3S. The molecule has 0 aromatic carbocycles. The molecule has 0 bridgehead atoms. The van der Waals surface area contributed by atoms with E-state index in [1.807, 2.05) is 0 Å². The third kappa shape index (κ3) is 2.60. The number of alkyl halides is 1. The summed E-state index contributed by atoms with van der Waals surface area (Å²) in [5.74, 6) is 0.638. The fourth-order valence-corrected chi connectivity index (χ4v) is 1.77. The molecule has 0 atom stereocenters. The van der Waals surface area contributed by atoms with Gasteiger partial charge in [0.1, 0.15) is 6.33 Å². The summed E-state index contributed by atoms with van der Waals surface area (Å²) in [5, 5.41) is 0.970. The first-order valence-corrected chi connectivity index (χ1v) is 5.27. The normalized spacial score (nSPS) is 10.2. The van der Waals surface area contributed by atoms with Gasteiger partial charge in [0, 0.05) is 30.5 Å². The molecule has 1 heterocycles. The summed E-state index contributed by atoms with van der Waals surface area (Å²) in [5.41, 5.74) is 0. The number of aromatic nitrogens is 2. The number of anilines is 1. The van der Waals surface area contributed by atoms with Gasteiger partial charge in [0.25, 0.3) is 0 Å². The lowest BCUT2D eigenvalue weighted by Gasteiger charge is -2.18. The zero-order valence-corrected chi connectivity index (χ0v) is 8.61. The molecule has 0 radical (unpaired) electrons. The highest BCUT2D eigenvalue weighted by Gasteiger charge is 2.06. The molecule has 0 aliphatic carbocycles. The van der Waals surface area contributed by atoms with Crippen LogP contribution in [0.4, 0.5) is 5.13 Å². The van der Waals surface area contributed by atoms with Gasteiger partial charge in [-0.05, 0) is 6.42 Å². The van der Waals surface area contributed by atoms with Crippen LogP contribution in [-0.4, -0.2) is 28.3 Å². The van der Waals surface area contributed by atoms with Crippen LogP contribution in [0.2, 0.25) is 0 Å². The molecule has 0 aliphatic rings. The van der Waals surface area contributed by atoms with Crippen molar-refractivity contribution in [3.05, 3.63) is 6.33 Å². The lowest BCUT2D eigenvalue weighted by molar-refractivity contribution is 0.790. The average Bonchev–Trinajstić information content (AvgIpc) is 2.56. The molecule has 0 spiro atoms. The van der Waals surface area contributed by atoms with E-state index in [2.05, 4.69) is 21.2 Å². The molecule has 1 rings (SSSR count). The minimum Gasteiger partial charge on any atom is -0.346 e. The van der Waals surface area contributed by atoms with Crippen LogP contribution in [0.5, 0.6) is 0 Å². The molecule has 0 N–H and O–H groups in total. The fraction of sp³-hybridized carbons (Fsp3) is 0.714. The van der Waals surface area contributed by atoms with Crippen molar-refractivity contribution in [2.24, 2.45) is 0 Å². The number of hydrogen-bond acceptors (Lipinski definition) is 4. The Labute approximate surface area is 81.5 Å². The Morgan fingerprint density at radius 2 is 2.42 bits per heavy atom. The topological polar surface area (TPSA) is 29.0 Å². The molecule has 3 nitrogen and oxygen atoms in total. The van der Waals surface area contributed by atoms with Gasteiger partial charge in [0.05, 0.1) is 0 Å². The van der Waals surface area contributed by atoms with E-state index in [1.165, 1.54) is 11.5 Å². The first-order valence-electron chi connectivity index (χ1n) is 3.96. The van der Waals surface area contributed by atoms with Crippen molar-refractivity contribution < 1.29 is 0 Å². The van der Waals surface area contributed by atoms with Crippen LogP contribution in [0, 0.1) is 0 Å². The van der Waals surface area contributed by atoms with E-state index in [-0.39, 0.29) is 0 Å². The van der Waals surface area contributed by atoms with Gasteiger partial charge < -0.3 is 4.90 Å². The Morgan fingerprint density at radius 1 is 1.58 bits per heavy atom. The highest BCUT2D eigenvalue weighted by atomic mass is 35.5. The van der Waals surface area contributed by atoms with Crippen molar-refractivity contribution in [3.63, 3.8) is 0 Å². The second-order valence-electron chi connectivity index (χ2n) is 2.40. The minimum atomic E-state index is 0.638. The van der Waals surface area contributed by atoms with Gasteiger partial charge in [-0.1, -0.05) is 6.92 Å². The second-order valence-corrected chi connectivity index (χ2v) is 3.54. The van der Waals surface area contributed by atoms with E-state index in [4.69, 9.17) is 11.6 Å². The number of halogens is 1. The largest absolute Gasteiger partial charge is 0.346 e. The first kappa shape index (κ1) is 9.74. The van der Waals surface area contributed by atoms with Gasteiger partial charge in [-0.25, -0.2) is 4.98 Å². The fourth-order valence-electron chi connectivity index (χ4n) is 0.982. The molecular weight excluding hydrogens is 194 g/mol. The van der Waals surface area contributed by atoms with Crippen molar-refractivity contribution in [1.82, 2.24) is 9.36 Å². The molecule has 12 heavy (non-hydrogen) atoms. The molecule has 0 saturated carbocycles. The standard InChI is InChI=1S/C7H12ClN3S/c1-2-4-11(5-3-8)7-9-6-10-12-7/h6H,2-5H2,1H3. The Balaban J connectivity index is 2.53. The lowest BCUT2D eigenvalue weighted by Crippen LogP contribution is -2.25. The van der Waals surface area contributed by atoms with Gasteiger partial charge in [-0.2, -0.15) is 4.37 Å². The van der Waals surface area contributed by atoms with Crippen LogP contribution in [0.25, 0.3) is 0 Å². The highest BCUT2D eigenvalue weighted by Crippen LogP contribution is 2.14. The number of hydrogen-bond donors (Lipinski definition) is 0. The molecule has 0 amide bonds. The predicted molar refractivity (Wildman–Crippen MR) is 53.1 cm³/mol. The van der Waals surface area contributed by atoms with E-state index >= 15 is 0 Å². The zero-order valence-electron chi connectivity index (χ0n) is 7.03. The molecule has 0 fully saturated rings. The van der Waals surface area contributed by atoms with Crippen molar-refractivity contribution in [2.75, 3.05) is 23.9 Å². The van der Waals surface area contributed by atoms with Crippen LogP contribution in [-0.2, 0) is 0 Å². The number of nitrogens with zero attached hydrogens (tertiary/aromatic N) is 3. The van der Waals surface area contributed by atoms with Crippen molar-refractivity contribution in [2.45, 2.75) is 13.3 Å². The van der Waals surface area contributed by atoms with E-state index < -0.39 is 0 Å². The van der Waals surface area contributed by atoms with Crippen molar-refractivity contribution in [1.29, 1.82) is 0 Å². The van der Waals surface area contributed by atoms with E-state index in [9.17, 15) is 0 Å². The summed E-state index contributed by atoms with van der Waals surface area (Å²) in [4.78, 5) is 6.29. The van der Waals surface area contributed by atoms with Crippen LogP contribution in [0.1, 0.15) is 13.3 Å². The van der Waals surface area contributed by atoms with Crippen molar-refractivity contribution in [3.8, 4) is 0 Å². The van der Waals surface area contributed by atoms with Crippen LogP contribution in [0.15, 0.2) is 6.33 Å². The SMILES string of the molecule is CCCN(CCCl)c1ncns1. The summed E-state index contributed by atoms with van der Waals surface area (Å²) in [6.45, 7) is 3.99. The van der Waals surface area contributed by atoms with Crippen LogP contribution >= 0.6 is 23.1 Å². The maximum Gasteiger partial charge on any atom is 0.204 e. The first-order chi connectivity index (χ1) is 5.88. The maximum absolute atomic E-state index is 5.66. The summed E-state index contributed by atoms with van der Waals surface area (Å²) >= 11 is 7.08. The van der Waals surface area contributed by atoms with Crippen LogP contribution < -0.4 is 4.90 Å². The summed E-state index contributed by atoms with van der Waals surface area (Å²) < 4.78 is 3.95. The third-order valence-corrected chi connectivity index (χ3v) is 2.36. The van der Waals surface area contributed by atoms with E-state index in [0.29, 0.717) is 5.88 Å². The molecule has 68 valence electrons. The second kappa shape index (κ2) is 5.32. The molecule has 0 saturated heterocycles. The molecule has 0 unspecified atom stereocenters. The summed E-state index contributed by atoms with van der Waals surface area (Å²) in [6.07, 6.45) is 2.69. The number of rotatable bonds is 5. The van der Waals surface area contributed by atoms with Gasteiger partial charge >= 0.3 is 0 Å². The summed E-state index contributed by atoms with van der Waals surface area (Å²) in [6, 6.07) is 0. The average molecular weight is 206 g/mol. The van der Waals surface area contributed by atoms with E-state index in [1.54, 1.807) is 6.33 Å². The Hall–Kier alpha value is -0.350. The minimum absolute atomic E-state index is 0.638.